The van der Waals surface area contributed by atoms with Crippen LogP contribution in [-0.4, -0.2) is 27.1 Å². The van der Waals surface area contributed by atoms with Crippen LogP contribution in [-0.2, 0) is 24.1 Å². The van der Waals surface area contributed by atoms with Crippen molar-refractivity contribution in [2.45, 2.75) is 25.7 Å². The lowest BCUT2D eigenvalue weighted by Gasteiger charge is -2.22. The molecule has 0 radical (unpaired) electrons. The van der Waals surface area contributed by atoms with Crippen LogP contribution >= 0.6 is 11.3 Å². The minimum absolute atomic E-state index is 0.0810. The van der Waals surface area contributed by atoms with Gasteiger partial charge in [0, 0.05) is 32.0 Å². The highest BCUT2D eigenvalue weighted by Crippen LogP contribution is 2.36. The number of aryl methyl sites for hydroxylation is 1. The molecule has 2 rings (SSSR count). The van der Waals surface area contributed by atoms with Crippen molar-refractivity contribution in [3.63, 3.8) is 0 Å². The summed E-state index contributed by atoms with van der Waals surface area (Å²) in [7, 11) is 0. The summed E-state index contributed by atoms with van der Waals surface area (Å²) >= 11 is 0.637. The lowest BCUT2D eigenvalue weighted by Crippen LogP contribution is -2.31. The van der Waals surface area contributed by atoms with Crippen LogP contribution in [0.3, 0.4) is 0 Å². The van der Waals surface area contributed by atoms with Crippen molar-refractivity contribution < 1.29 is 18.0 Å². The van der Waals surface area contributed by atoms with Crippen LogP contribution in [0, 0.1) is 0 Å². The third-order valence-corrected chi connectivity index (χ3v) is 4.23. The van der Waals surface area contributed by atoms with E-state index in [1.807, 2.05) is 0 Å². The first-order valence-corrected chi connectivity index (χ1v) is 7.82. The van der Waals surface area contributed by atoms with Crippen LogP contribution in [0.4, 0.5) is 13.2 Å². The van der Waals surface area contributed by atoms with E-state index in [2.05, 4.69) is 11.7 Å². The molecule has 0 aromatic carbocycles. The zero-order chi connectivity index (χ0) is 16.9. The van der Waals surface area contributed by atoms with Gasteiger partial charge in [0.2, 0.25) is 5.91 Å². The highest BCUT2D eigenvalue weighted by molar-refractivity contribution is 7.10. The van der Waals surface area contributed by atoms with Crippen molar-refractivity contribution in [3.8, 4) is 0 Å². The molecule has 2 aromatic rings. The molecule has 0 saturated heterocycles. The molecule has 0 bridgehead atoms. The van der Waals surface area contributed by atoms with E-state index in [1.165, 1.54) is 16.3 Å². The average Bonchev–Trinajstić information content (AvgIpc) is 3.15. The summed E-state index contributed by atoms with van der Waals surface area (Å²) in [4.78, 5) is 12.6. The molecule has 0 unspecified atom stereocenters. The number of thiophene rings is 1. The molecule has 124 valence electrons. The summed E-state index contributed by atoms with van der Waals surface area (Å²) in [5.74, 6) is -0.384. The fourth-order valence-corrected chi connectivity index (χ4v) is 2.95. The number of aromatic nitrogens is 2. The fraction of sp³-hybridized carbons (Fsp3) is 0.333. The molecule has 0 aliphatic heterocycles. The van der Waals surface area contributed by atoms with Gasteiger partial charge in [-0.25, -0.2) is 0 Å². The third-order valence-electron chi connectivity index (χ3n) is 3.23. The Balaban J connectivity index is 2.03. The lowest BCUT2D eigenvalue weighted by atomic mass is 10.2. The van der Waals surface area contributed by atoms with E-state index in [9.17, 15) is 18.0 Å². The van der Waals surface area contributed by atoms with Crippen LogP contribution < -0.4 is 0 Å². The van der Waals surface area contributed by atoms with Crippen LogP contribution in [0.1, 0.15) is 16.9 Å². The van der Waals surface area contributed by atoms with Crippen molar-refractivity contribution in [3.05, 3.63) is 53.0 Å². The Morgan fingerprint density at radius 3 is 2.87 bits per heavy atom. The van der Waals surface area contributed by atoms with Gasteiger partial charge in [-0.3, -0.25) is 9.48 Å². The maximum atomic E-state index is 12.9. The van der Waals surface area contributed by atoms with E-state index >= 15 is 0 Å². The maximum Gasteiger partial charge on any atom is 0.425 e. The average molecular weight is 343 g/mol. The van der Waals surface area contributed by atoms with Gasteiger partial charge in [0.25, 0.3) is 0 Å². The molecule has 4 nitrogen and oxygen atoms in total. The summed E-state index contributed by atoms with van der Waals surface area (Å²) in [5, 5.41) is 5.43. The number of hydrogen-bond acceptors (Lipinski definition) is 3. The molecule has 0 aliphatic rings. The molecule has 2 heterocycles. The Morgan fingerprint density at radius 1 is 1.48 bits per heavy atom. The molecule has 0 aliphatic carbocycles. The largest absolute Gasteiger partial charge is 0.425 e. The van der Waals surface area contributed by atoms with Gasteiger partial charge in [0.1, 0.15) is 4.88 Å². The van der Waals surface area contributed by atoms with Crippen molar-refractivity contribution in [1.29, 1.82) is 0 Å². The molecule has 23 heavy (non-hydrogen) atoms. The number of amides is 1. The number of rotatable bonds is 7. The van der Waals surface area contributed by atoms with Crippen LogP contribution in [0.5, 0.6) is 0 Å². The molecule has 0 saturated carbocycles. The van der Waals surface area contributed by atoms with Crippen LogP contribution in [0.15, 0.2) is 42.6 Å². The molecule has 0 fully saturated rings. The SMILES string of the molecule is C=CC(=O)N(CCCn1cccn1)Cc1ccsc1C(F)(F)F. The third kappa shape index (κ3) is 4.69. The van der Waals surface area contributed by atoms with Gasteiger partial charge in [0.05, 0.1) is 0 Å². The van der Waals surface area contributed by atoms with Crippen molar-refractivity contribution in [1.82, 2.24) is 14.7 Å². The van der Waals surface area contributed by atoms with E-state index in [-0.39, 0.29) is 18.0 Å². The lowest BCUT2D eigenvalue weighted by molar-refractivity contribution is -0.136. The van der Waals surface area contributed by atoms with Gasteiger partial charge < -0.3 is 4.90 Å². The summed E-state index contributed by atoms with van der Waals surface area (Å²) in [6, 6.07) is 3.19. The first-order chi connectivity index (χ1) is 10.9. The van der Waals surface area contributed by atoms with Gasteiger partial charge in [-0.1, -0.05) is 6.58 Å². The van der Waals surface area contributed by atoms with Crippen LogP contribution in [0.2, 0.25) is 0 Å². The Hall–Kier alpha value is -2.09. The predicted molar refractivity (Wildman–Crippen MR) is 81.8 cm³/mol. The minimum Gasteiger partial charge on any atom is -0.335 e. The smallest absolute Gasteiger partial charge is 0.335 e. The van der Waals surface area contributed by atoms with Gasteiger partial charge in [-0.05, 0) is 35.6 Å². The zero-order valence-electron chi connectivity index (χ0n) is 12.3. The molecule has 2 aromatic heterocycles. The number of carbonyl (C=O) groups excluding carboxylic acids is 1. The van der Waals surface area contributed by atoms with Gasteiger partial charge in [0.15, 0.2) is 0 Å². The van der Waals surface area contributed by atoms with Gasteiger partial charge in [-0.15, -0.1) is 11.3 Å². The molecule has 0 atom stereocenters. The molecule has 8 heteroatoms. The minimum atomic E-state index is -4.40. The second kappa shape index (κ2) is 7.45. The number of hydrogen-bond donors (Lipinski definition) is 0. The summed E-state index contributed by atoms with van der Waals surface area (Å²) in [6.45, 7) is 4.25. The highest BCUT2D eigenvalue weighted by Gasteiger charge is 2.35. The van der Waals surface area contributed by atoms with E-state index < -0.39 is 11.1 Å². The Morgan fingerprint density at radius 2 is 2.26 bits per heavy atom. The molecule has 1 amide bonds. The quantitative estimate of drug-likeness (QED) is 0.721. The monoisotopic (exact) mass is 343 g/mol. The van der Waals surface area contributed by atoms with E-state index in [0.29, 0.717) is 30.8 Å². The first kappa shape index (κ1) is 17.3. The topological polar surface area (TPSA) is 38.1 Å². The fourth-order valence-electron chi connectivity index (χ4n) is 2.17. The van der Waals surface area contributed by atoms with E-state index in [1.54, 1.807) is 23.1 Å². The van der Waals surface area contributed by atoms with Gasteiger partial charge >= 0.3 is 6.18 Å². The summed E-state index contributed by atoms with van der Waals surface area (Å²) in [6.07, 6.45) is 0.746. The standard InChI is InChI=1S/C15H16F3N3OS/c1-2-13(22)20(7-4-9-21-8-3-6-19-21)11-12-5-10-23-14(12)15(16,17)18/h2-3,5-6,8,10H,1,4,7,9,11H2. The highest BCUT2D eigenvalue weighted by atomic mass is 32.1. The zero-order valence-corrected chi connectivity index (χ0v) is 13.1. The maximum absolute atomic E-state index is 12.9. The van der Waals surface area contributed by atoms with Gasteiger partial charge in [-0.2, -0.15) is 18.3 Å². The Kier molecular flexibility index (Phi) is 5.59. The van der Waals surface area contributed by atoms with Crippen molar-refractivity contribution in [2.75, 3.05) is 6.54 Å². The number of carbonyl (C=O) groups is 1. The number of alkyl halides is 3. The van der Waals surface area contributed by atoms with Crippen molar-refractivity contribution >= 4 is 17.2 Å². The molecular weight excluding hydrogens is 327 g/mol. The summed E-state index contributed by atoms with van der Waals surface area (Å²) < 4.78 is 40.5. The first-order valence-electron chi connectivity index (χ1n) is 6.94. The Labute approximate surface area is 135 Å². The molecular formula is C15H16F3N3OS. The second-order valence-corrected chi connectivity index (χ2v) is 5.78. The van der Waals surface area contributed by atoms with E-state index in [4.69, 9.17) is 0 Å². The van der Waals surface area contributed by atoms with Crippen LogP contribution in [0.25, 0.3) is 0 Å². The van der Waals surface area contributed by atoms with Crippen molar-refractivity contribution in [2.24, 2.45) is 0 Å². The normalized spacial score (nSPS) is 11.4. The molecule has 0 N–H and O–H groups in total. The number of nitrogens with zero attached hydrogens (tertiary/aromatic N) is 3. The summed E-state index contributed by atoms with van der Waals surface area (Å²) in [5.41, 5.74) is 0.108. The number of halogens is 3. The molecule has 0 spiro atoms. The Bertz CT molecular complexity index is 649. The predicted octanol–water partition coefficient (Wildman–Crippen LogP) is 3.57. The second-order valence-electron chi connectivity index (χ2n) is 4.86. The van der Waals surface area contributed by atoms with E-state index in [0.717, 1.165) is 6.08 Å².